The largest absolute Gasteiger partial charge is 0.0683 e. The zero-order chi connectivity index (χ0) is 31.0. The molecule has 0 radical (unpaired) electrons. The number of rotatable bonds is 5. The molecule has 0 saturated carbocycles. The van der Waals surface area contributed by atoms with Gasteiger partial charge in [-0.3, -0.25) is 0 Å². The lowest BCUT2D eigenvalue weighted by atomic mass is 10.1. The highest BCUT2D eigenvalue weighted by atomic mass is 13.9. The van der Waals surface area contributed by atoms with Crippen molar-refractivity contribution in [1.29, 1.82) is 0 Å². The van der Waals surface area contributed by atoms with Crippen molar-refractivity contribution in [2.45, 2.75) is 143 Å². The van der Waals surface area contributed by atoms with E-state index in [1.54, 1.807) is 0 Å². The number of hydrogen-bond acceptors (Lipinski definition) is 0. The molecule has 3 aromatic carbocycles. The molecule has 3 rings (SSSR count). The standard InChI is InChI=1S/C10H8.C9H12.C7H16.6C2H6/c1-2-6-10-8-4-3-7-9(10)5-1;1-2-6-9-7-4-3-5-8-9;1-4-5-6-7(2)3;6*1-2/h1-8H;3-5,7-8H,2,6H2,1H3;7H,4-6H2,1-3H3;6*1-2H3. The van der Waals surface area contributed by atoms with E-state index >= 15 is 0 Å². The summed E-state index contributed by atoms with van der Waals surface area (Å²) >= 11 is 0. The first-order valence-electron chi connectivity index (χ1n) is 16.1. The molecule has 0 amide bonds. The monoisotopic (exact) mass is 529 g/mol. The minimum Gasteiger partial charge on any atom is -0.0683 e. The van der Waals surface area contributed by atoms with Crippen molar-refractivity contribution in [2.75, 3.05) is 0 Å². The average Bonchev–Trinajstić information content (AvgIpc) is 3.03. The van der Waals surface area contributed by atoms with Gasteiger partial charge in [-0.05, 0) is 28.7 Å². The second-order valence-electron chi connectivity index (χ2n) is 7.12. The van der Waals surface area contributed by atoms with Gasteiger partial charge in [-0.15, -0.1) is 0 Å². The van der Waals surface area contributed by atoms with Crippen molar-refractivity contribution in [3.63, 3.8) is 0 Å². The summed E-state index contributed by atoms with van der Waals surface area (Å²) in [5, 5.41) is 2.62. The molecule has 0 aliphatic carbocycles. The molecule has 0 heteroatoms. The summed E-state index contributed by atoms with van der Waals surface area (Å²) in [4.78, 5) is 0. The van der Waals surface area contributed by atoms with E-state index in [4.69, 9.17) is 0 Å². The van der Waals surface area contributed by atoms with Gasteiger partial charge in [-0.2, -0.15) is 0 Å². The Morgan fingerprint density at radius 1 is 0.447 bits per heavy atom. The fraction of sp³-hybridized carbons (Fsp3) is 0.579. The van der Waals surface area contributed by atoms with E-state index in [0.717, 1.165) is 5.92 Å². The topological polar surface area (TPSA) is 0 Å². The maximum absolute atomic E-state index is 2.27. The number of benzene rings is 3. The predicted octanol–water partition coefficient (Wildman–Crippen LogP) is 14.5. The van der Waals surface area contributed by atoms with Crippen LogP contribution in [-0.4, -0.2) is 0 Å². The fourth-order valence-corrected chi connectivity index (χ4v) is 2.68. The van der Waals surface area contributed by atoms with Gasteiger partial charge in [0.2, 0.25) is 0 Å². The van der Waals surface area contributed by atoms with Gasteiger partial charge in [-0.25, -0.2) is 0 Å². The van der Waals surface area contributed by atoms with Gasteiger partial charge < -0.3 is 0 Å². The molecule has 0 spiro atoms. The Hall–Kier alpha value is -2.08. The minimum atomic E-state index is 0.903. The van der Waals surface area contributed by atoms with Crippen LogP contribution < -0.4 is 0 Å². The highest BCUT2D eigenvalue weighted by Gasteiger charge is 1.89. The van der Waals surface area contributed by atoms with Gasteiger partial charge >= 0.3 is 0 Å². The summed E-state index contributed by atoms with van der Waals surface area (Å²) in [6.07, 6.45) is 6.59. The quantitative estimate of drug-likeness (QED) is 0.309. The second-order valence-corrected chi connectivity index (χ2v) is 7.12. The molecule has 0 bridgehead atoms. The van der Waals surface area contributed by atoms with Crippen LogP contribution in [0.5, 0.6) is 0 Å². The van der Waals surface area contributed by atoms with Crippen LogP contribution in [0.3, 0.4) is 0 Å². The van der Waals surface area contributed by atoms with Crippen molar-refractivity contribution in [3.05, 3.63) is 84.4 Å². The maximum Gasteiger partial charge on any atom is -0.0184 e. The first kappa shape index (κ1) is 48.9. The number of unbranched alkanes of at least 4 members (excludes halogenated alkanes) is 1. The van der Waals surface area contributed by atoms with Crippen molar-refractivity contribution >= 4 is 10.8 Å². The molecule has 0 aromatic heterocycles. The van der Waals surface area contributed by atoms with E-state index in [2.05, 4.69) is 107 Å². The lowest BCUT2D eigenvalue weighted by Gasteiger charge is -1.98. The van der Waals surface area contributed by atoms with Crippen molar-refractivity contribution in [1.82, 2.24) is 0 Å². The molecular weight excluding hydrogens is 456 g/mol. The average molecular weight is 529 g/mol. The van der Waals surface area contributed by atoms with Crippen molar-refractivity contribution in [3.8, 4) is 0 Å². The van der Waals surface area contributed by atoms with E-state index in [-0.39, 0.29) is 0 Å². The molecule has 224 valence electrons. The summed E-state index contributed by atoms with van der Waals surface area (Å²) in [6.45, 7) is 33.0. The molecule has 3 aromatic rings. The predicted molar refractivity (Wildman–Crippen MR) is 187 cm³/mol. The van der Waals surface area contributed by atoms with Crippen LogP contribution >= 0.6 is 0 Å². The van der Waals surface area contributed by atoms with E-state index in [1.807, 2.05) is 83.1 Å². The van der Waals surface area contributed by atoms with Gasteiger partial charge in [0.05, 0.1) is 0 Å². The highest BCUT2D eigenvalue weighted by Crippen LogP contribution is 2.11. The van der Waals surface area contributed by atoms with Crippen molar-refractivity contribution in [2.24, 2.45) is 5.92 Å². The third kappa shape index (κ3) is 38.5. The zero-order valence-corrected chi connectivity index (χ0v) is 29.1. The highest BCUT2D eigenvalue weighted by molar-refractivity contribution is 5.81. The molecule has 0 unspecified atom stereocenters. The van der Waals surface area contributed by atoms with Crippen LogP contribution in [0.2, 0.25) is 0 Å². The van der Waals surface area contributed by atoms with Gasteiger partial charge in [0, 0.05) is 0 Å². The summed E-state index contributed by atoms with van der Waals surface area (Å²) < 4.78 is 0. The molecule has 0 fully saturated rings. The summed E-state index contributed by atoms with van der Waals surface area (Å²) in [5.74, 6) is 0.903. The fourth-order valence-electron chi connectivity index (χ4n) is 2.68. The van der Waals surface area contributed by atoms with Crippen LogP contribution in [0.1, 0.15) is 142 Å². The molecule has 0 aliphatic rings. The number of hydrogen-bond donors (Lipinski definition) is 0. The summed E-state index contributed by atoms with van der Waals surface area (Å²) in [5.41, 5.74) is 1.44. The molecule has 0 nitrogen and oxygen atoms in total. The Labute approximate surface area is 243 Å². The van der Waals surface area contributed by atoms with E-state index in [0.29, 0.717) is 0 Å². The van der Waals surface area contributed by atoms with Gasteiger partial charge in [0.25, 0.3) is 0 Å². The van der Waals surface area contributed by atoms with Crippen LogP contribution in [-0.2, 0) is 6.42 Å². The van der Waals surface area contributed by atoms with Crippen LogP contribution in [0.25, 0.3) is 10.8 Å². The molecule has 0 saturated heterocycles. The summed E-state index contributed by atoms with van der Waals surface area (Å²) in [6, 6.07) is 27.3. The molecule has 0 N–H and O–H groups in total. The first-order chi connectivity index (χ1) is 18.7. The SMILES string of the molecule is CC.CC.CC.CC.CC.CC.CCCCC(C)C.CCCc1ccccc1.c1ccc2ccccc2c1. The maximum atomic E-state index is 2.27. The first-order valence-corrected chi connectivity index (χ1v) is 16.1. The lowest BCUT2D eigenvalue weighted by Crippen LogP contribution is -1.83. The minimum absolute atomic E-state index is 0.903. The van der Waals surface area contributed by atoms with Crippen LogP contribution in [0.4, 0.5) is 0 Å². The molecule has 0 atom stereocenters. The van der Waals surface area contributed by atoms with E-state index < -0.39 is 0 Å². The van der Waals surface area contributed by atoms with Gasteiger partial charge in [-0.1, -0.05) is 215 Å². The Balaban J connectivity index is -0.0000000851. The Bertz CT molecular complexity index is 617. The smallest absolute Gasteiger partial charge is 0.0184 e. The molecule has 0 heterocycles. The zero-order valence-electron chi connectivity index (χ0n) is 29.1. The Morgan fingerprint density at radius 3 is 1.00 bits per heavy atom. The number of aryl methyl sites for hydroxylation is 1. The number of fused-ring (bicyclic) bond motifs is 1. The molecule has 38 heavy (non-hydrogen) atoms. The molecular formula is C38H72. The second kappa shape index (κ2) is 51.5. The third-order valence-electron chi connectivity index (χ3n) is 4.18. The Morgan fingerprint density at radius 2 is 0.763 bits per heavy atom. The lowest BCUT2D eigenvalue weighted by molar-refractivity contribution is 0.550. The Kier molecular flexibility index (Phi) is 66.4. The molecule has 0 aliphatic heterocycles. The third-order valence-corrected chi connectivity index (χ3v) is 4.18. The van der Waals surface area contributed by atoms with Crippen LogP contribution in [0, 0.1) is 5.92 Å². The normalized spacial score (nSPS) is 7.71. The van der Waals surface area contributed by atoms with Crippen molar-refractivity contribution < 1.29 is 0 Å². The van der Waals surface area contributed by atoms with Crippen LogP contribution in [0.15, 0.2) is 78.9 Å². The van der Waals surface area contributed by atoms with Gasteiger partial charge in [0.1, 0.15) is 0 Å². The summed E-state index contributed by atoms with van der Waals surface area (Å²) in [7, 11) is 0. The van der Waals surface area contributed by atoms with E-state index in [9.17, 15) is 0 Å². The van der Waals surface area contributed by atoms with E-state index in [1.165, 1.54) is 48.4 Å². The van der Waals surface area contributed by atoms with Gasteiger partial charge in [0.15, 0.2) is 0 Å².